The van der Waals surface area contributed by atoms with Crippen molar-refractivity contribution in [1.29, 1.82) is 0 Å². The van der Waals surface area contributed by atoms with Crippen molar-refractivity contribution in [3.8, 4) is 0 Å². The lowest BCUT2D eigenvalue weighted by Crippen LogP contribution is -3.07. The first-order chi connectivity index (χ1) is 14.6. The summed E-state index contributed by atoms with van der Waals surface area (Å²) in [6.45, 7) is 4.32. The molecule has 0 aliphatic heterocycles. The summed E-state index contributed by atoms with van der Waals surface area (Å²) in [6.07, 6.45) is 3.13. The molecule has 2 heterocycles. The zero-order valence-corrected chi connectivity index (χ0v) is 18.4. The maximum absolute atomic E-state index is 13.2. The minimum Gasteiger partial charge on any atom is -0.315 e. The van der Waals surface area contributed by atoms with E-state index >= 15 is 0 Å². The molecule has 0 saturated carbocycles. The van der Waals surface area contributed by atoms with Gasteiger partial charge in [0.05, 0.1) is 18.0 Å². The van der Waals surface area contributed by atoms with Crippen molar-refractivity contribution in [2.24, 2.45) is 0 Å². The molecule has 0 amide bonds. The van der Waals surface area contributed by atoms with E-state index in [0.717, 1.165) is 31.3 Å². The van der Waals surface area contributed by atoms with E-state index in [1.165, 1.54) is 10.5 Å². The third kappa shape index (κ3) is 3.95. The summed E-state index contributed by atoms with van der Waals surface area (Å²) in [5.41, 5.74) is 2.10. The maximum atomic E-state index is 13.2. The highest BCUT2D eigenvalue weighted by Gasteiger charge is 2.17. The molecule has 156 valence electrons. The summed E-state index contributed by atoms with van der Waals surface area (Å²) in [5.74, 6) is 0.632. The number of rotatable bonds is 8. The molecule has 1 atom stereocenters. The van der Waals surface area contributed by atoms with Crippen LogP contribution < -0.4 is 10.5 Å². The van der Waals surface area contributed by atoms with Crippen LogP contribution in [0.4, 0.5) is 0 Å². The van der Waals surface area contributed by atoms with Gasteiger partial charge in [0.1, 0.15) is 6.54 Å². The minimum atomic E-state index is 0.00587. The van der Waals surface area contributed by atoms with Crippen molar-refractivity contribution < 1.29 is 4.90 Å². The zero-order chi connectivity index (χ0) is 21.1. The number of aromatic nitrogens is 4. The predicted molar refractivity (Wildman–Crippen MR) is 122 cm³/mol. The Bertz CT molecular complexity index is 1270. The van der Waals surface area contributed by atoms with Crippen molar-refractivity contribution >= 4 is 28.9 Å². The van der Waals surface area contributed by atoms with E-state index in [2.05, 4.69) is 38.2 Å². The van der Waals surface area contributed by atoms with Gasteiger partial charge in [0.25, 0.3) is 5.56 Å². The fourth-order valence-electron chi connectivity index (χ4n) is 3.95. The van der Waals surface area contributed by atoms with Gasteiger partial charge in [-0.05, 0) is 30.8 Å². The number of aryl methyl sites for hydroxylation is 1. The molecule has 0 aliphatic carbocycles. The molecule has 0 fully saturated rings. The van der Waals surface area contributed by atoms with Crippen molar-refractivity contribution in [2.75, 3.05) is 7.05 Å². The summed E-state index contributed by atoms with van der Waals surface area (Å²) < 4.78 is 6.22. The number of quaternary nitrogens is 1. The highest BCUT2D eigenvalue weighted by Crippen LogP contribution is 2.14. The van der Waals surface area contributed by atoms with Gasteiger partial charge in [-0.2, -0.15) is 4.68 Å². The van der Waals surface area contributed by atoms with E-state index in [0.29, 0.717) is 29.1 Å². The second-order valence-electron chi connectivity index (χ2n) is 7.88. The highest BCUT2D eigenvalue weighted by atomic mass is 32.1. The second-order valence-corrected chi connectivity index (χ2v) is 8.24. The molecule has 0 bridgehead atoms. The summed E-state index contributed by atoms with van der Waals surface area (Å²) in [6, 6.07) is 18.1. The lowest BCUT2D eigenvalue weighted by Gasteiger charge is -2.13. The second kappa shape index (κ2) is 8.93. The van der Waals surface area contributed by atoms with Crippen LogP contribution in [0.2, 0.25) is 0 Å². The number of fused-ring (bicyclic) bond motifs is 3. The van der Waals surface area contributed by atoms with Crippen LogP contribution in [-0.2, 0) is 19.8 Å². The molecule has 4 rings (SSSR count). The fraction of sp³-hybridized carbons (Fsp3) is 0.348. The van der Waals surface area contributed by atoms with Gasteiger partial charge in [0, 0.05) is 12.1 Å². The van der Waals surface area contributed by atoms with E-state index in [1.807, 2.05) is 39.4 Å². The van der Waals surface area contributed by atoms with E-state index in [1.54, 1.807) is 4.57 Å². The van der Waals surface area contributed by atoms with Gasteiger partial charge < -0.3 is 4.90 Å². The molecule has 1 N–H and O–H groups in total. The van der Waals surface area contributed by atoms with Crippen LogP contribution >= 0.6 is 12.2 Å². The SMILES string of the molecule is CCCCCn1c(=O)c2ccccc2n2c(=S)n(C[NH+](C)Cc3ccccc3)nc12. The average Bonchev–Trinajstić information content (AvgIpc) is 3.07. The molecule has 0 radical (unpaired) electrons. The molecule has 30 heavy (non-hydrogen) atoms. The van der Waals surface area contributed by atoms with Gasteiger partial charge in [-0.1, -0.05) is 62.2 Å². The van der Waals surface area contributed by atoms with Crippen LogP contribution in [0.25, 0.3) is 16.7 Å². The molecule has 0 spiro atoms. The first kappa shape index (κ1) is 20.5. The first-order valence-electron chi connectivity index (χ1n) is 10.6. The molecule has 2 aromatic carbocycles. The Morgan fingerprint density at radius 2 is 1.77 bits per heavy atom. The minimum absolute atomic E-state index is 0.00587. The summed E-state index contributed by atoms with van der Waals surface area (Å²) in [5, 5.41) is 5.48. The molecule has 1 unspecified atom stereocenters. The smallest absolute Gasteiger partial charge is 0.262 e. The van der Waals surface area contributed by atoms with E-state index in [4.69, 9.17) is 17.3 Å². The van der Waals surface area contributed by atoms with Crippen molar-refractivity contribution in [1.82, 2.24) is 18.7 Å². The van der Waals surface area contributed by atoms with E-state index in [-0.39, 0.29) is 5.56 Å². The Hall–Kier alpha value is -2.77. The van der Waals surface area contributed by atoms with Crippen LogP contribution in [0.3, 0.4) is 0 Å². The molecular formula is C23H28N5OS+. The number of nitrogens with zero attached hydrogens (tertiary/aromatic N) is 4. The summed E-state index contributed by atoms with van der Waals surface area (Å²) >= 11 is 5.81. The Morgan fingerprint density at radius 1 is 1.03 bits per heavy atom. The largest absolute Gasteiger partial charge is 0.315 e. The van der Waals surface area contributed by atoms with Gasteiger partial charge >= 0.3 is 0 Å². The summed E-state index contributed by atoms with van der Waals surface area (Å²) in [7, 11) is 2.13. The zero-order valence-electron chi connectivity index (χ0n) is 17.5. The van der Waals surface area contributed by atoms with Gasteiger partial charge in [-0.3, -0.25) is 13.8 Å². The number of hydrogen-bond donors (Lipinski definition) is 1. The Morgan fingerprint density at radius 3 is 2.53 bits per heavy atom. The topological polar surface area (TPSA) is 48.7 Å². The molecule has 0 aliphatic rings. The van der Waals surface area contributed by atoms with Gasteiger partial charge in [0.15, 0.2) is 6.67 Å². The monoisotopic (exact) mass is 422 g/mol. The quantitative estimate of drug-likeness (QED) is 0.351. The summed E-state index contributed by atoms with van der Waals surface area (Å²) in [4.78, 5) is 14.5. The van der Waals surface area contributed by atoms with Crippen LogP contribution in [0, 0.1) is 4.77 Å². The van der Waals surface area contributed by atoms with Crippen molar-refractivity contribution in [2.45, 2.75) is 45.9 Å². The van der Waals surface area contributed by atoms with Crippen molar-refractivity contribution in [3.05, 3.63) is 75.3 Å². The van der Waals surface area contributed by atoms with Crippen LogP contribution in [0.5, 0.6) is 0 Å². The number of unbranched alkanes of at least 4 members (excludes halogenated alkanes) is 2. The number of benzene rings is 2. The Balaban J connectivity index is 1.78. The first-order valence-corrected chi connectivity index (χ1v) is 11.0. The van der Waals surface area contributed by atoms with Gasteiger partial charge in [-0.15, -0.1) is 5.10 Å². The molecule has 4 aromatic rings. The molecule has 2 aromatic heterocycles. The molecule has 7 heteroatoms. The molecule has 0 saturated heterocycles. The Labute approximate surface area is 181 Å². The number of nitrogens with one attached hydrogen (secondary N) is 1. The third-order valence-electron chi connectivity index (χ3n) is 5.44. The van der Waals surface area contributed by atoms with Crippen LogP contribution in [-0.4, -0.2) is 25.8 Å². The lowest BCUT2D eigenvalue weighted by atomic mass is 10.2. The average molecular weight is 423 g/mol. The normalized spacial score (nSPS) is 12.6. The highest BCUT2D eigenvalue weighted by molar-refractivity contribution is 7.71. The maximum Gasteiger partial charge on any atom is 0.262 e. The Kier molecular flexibility index (Phi) is 6.11. The number of hydrogen-bond acceptors (Lipinski definition) is 3. The standard InChI is InChI=1S/C23H27N5OS/c1-3-4-10-15-26-21(29)19-13-8-9-14-20(19)28-22(26)24-27(23(28)30)17-25(2)16-18-11-6-5-7-12-18/h5-9,11-14H,3-4,10,15-17H2,1-2H3/p+1. The fourth-order valence-corrected chi connectivity index (χ4v) is 4.23. The van der Waals surface area contributed by atoms with Crippen LogP contribution in [0.1, 0.15) is 31.7 Å². The molecule has 6 nitrogen and oxygen atoms in total. The van der Waals surface area contributed by atoms with Crippen LogP contribution in [0.15, 0.2) is 59.4 Å². The van der Waals surface area contributed by atoms with Crippen molar-refractivity contribution in [3.63, 3.8) is 0 Å². The van der Waals surface area contributed by atoms with Gasteiger partial charge in [-0.25, -0.2) is 0 Å². The number of para-hydroxylation sites is 1. The van der Waals surface area contributed by atoms with E-state index in [9.17, 15) is 4.79 Å². The molecular weight excluding hydrogens is 394 g/mol. The third-order valence-corrected chi connectivity index (χ3v) is 5.83. The lowest BCUT2D eigenvalue weighted by molar-refractivity contribution is -0.917. The van der Waals surface area contributed by atoms with Gasteiger partial charge in [0.2, 0.25) is 10.5 Å². The van der Waals surface area contributed by atoms with E-state index < -0.39 is 0 Å². The predicted octanol–water partition coefficient (Wildman–Crippen LogP) is 3.04.